The van der Waals surface area contributed by atoms with Crippen molar-refractivity contribution >= 4 is 5.91 Å². The summed E-state index contributed by atoms with van der Waals surface area (Å²) in [5, 5.41) is 6.73. The summed E-state index contributed by atoms with van der Waals surface area (Å²) in [6.07, 6.45) is 0. The van der Waals surface area contributed by atoms with Crippen molar-refractivity contribution in [3.63, 3.8) is 0 Å². The summed E-state index contributed by atoms with van der Waals surface area (Å²) in [4.78, 5) is 16.5. The minimum absolute atomic E-state index is 0.163. The Morgan fingerprint density at radius 1 is 1.24 bits per heavy atom. The van der Waals surface area contributed by atoms with E-state index in [9.17, 15) is 9.18 Å². The van der Waals surface area contributed by atoms with Gasteiger partial charge in [-0.15, -0.1) is 0 Å². The third-order valence-corrected chi connectivity index (χ3v) is 3.77. The Bertz CT molecular complexity index is 857. The summed E-state index contributed by atoms with van der Waals surface area (Å²) < 4.78 is 18.7. The van der Waals surface area contributed by atoms with E-state index in [0.29, 0.717) is 29.4 Å². The third-order valence-electron chi connectivity index (χ3n) is 3.77. The maximum absolute atomic E-state index is 13.4. The summed E-state index contributed by atoms with van der Waals surface area (Å²) >= 11 is 0. The molecular weight excluding hydrogens is 321 g/mol. The van der Waals surface area contributed by atoms with E-state index in [2.05, 4.69) is 15.5 Å². The molecule has 0 radical (unpaired) electrons. The summed E-state index contributed by atoms with van der Waals surface area (Å²) in [6.45, 7) is 3.93. The first-order valence-corrected chi connectivity index (χ1v) is 7.97. The molecule has 0 aliphatic carbocycles. The van der Waals surface area contributed by atoms with Crippen LogP contribution in [0.5, 0.6) is 0 Å². The number of nitrogens with one attached hydrogen (secondary N) is 1. The number of hydrogen-bond donors (Lipinski definition) is 1. The van der Waals surface area contributed by atoms with Crippen molar-refractivity contribution in [1.82, 2.24) is 15.5 Å². The van der Waals surface area contributed by atoms with Crippen molar-refractivity contribution in [1.29, 1.82) is 0 Å². The van der Waals surface area contributed by atoms with Gasteiger partial charge in [0.25, 0.3) is 5.91 Å². The van der Waals surface area contributed by atoms with Crippen LogP contribution in [0.25, 0.3) is 11.4 Å². The lowest BCUT2D eigenvalue weighted by atomic mass is 10.1. The first-order valence-electron chi connectivity index (χ1n) is 7.97. The third kappa shape index (κ3) is 4.09. The topological polar surface area (TPSA) is 68.0 Å². The second kappa shape index (κ2) is 7.25. The van der Waals surface area contributed by atoms with Crippen molar-refractivity contribution in [2.75, 3.05) is 6.54 Å². The van der Waals surface area contributed by atoms with E-state index in [4.69, 9.17) is 4.52 Å². The van der Waals surface area contributed by atoms with Gasteiger partial charge in [-0.1, -0.05) is 42.4 Å². The smallest absolute Gasteiger partial charge is 0.251 e. The van der Waals surface area contributed by atoms with Crippen LogP contribution in [0.15, 0.2) is 53.1 Å². The van der Waals surface area contributed by atoms with Crippen LogP contribution < -0.4 is 5.32 Å². The fourth-order valence-electron chi connectivity index (χ4n) is 2.44. The van der Waals surface area contributed by atoms with E-state index in [0.717, 1.165) is 5.56 Å². The zero-order chi connectivity index (χ0) is 17.8. The van der Waals surface area contributed by atoms with E-state index < -0.39 is 5.82 Å². The number of carbonyl (C=O) groups is 1. The number of amides is 1. The van der Waals surface area contributed by atoms with Crippen LogP contribution in [0.4, 0.5) is 4.39 Å². The number of hydrogen-bond acceptors (Lipinski definition) is 4. The van der Waals surface area contributed by atoms with Crippen molar-refractivity contribution in [2.45, 2.75) is 19.8 Å². The zero-order valence-corrected chi connectivity index (χ0v) is 14.0. The highest BCUT2D eigenvalue weighted by atomic mass is 19.1. The zero-order valence-electron chi connectivity index (χ0n) is 14.0. The Hall–Kier alpha value is -3.02. The SMILES string of the molecule is Cc1cc(F)cc(C(=O)NCC(C)c2nc(-c3ccccc3)no2)c1. The Kier molecular flexibility index (Phi) is 4.88. The first-order chi connectivity index (χ1) is 12.0. The number of benzene rings is 2. The monoisotopic (exact) mass is 339 g/mol. The molecule has 3 aromatic rings. The molecule has 25 heavy (non-hydrogen) atoms. The minimum Gasteiger partial charge on any atom is -0.351 e. The molecule has 0 aliphatic heterocycles. The highest BCUT2D eigenvalue weighted by molar-refractivity contribution is 5.94. The van der Waals surface area contributed by atoms with Gasteiger partial charge in [0.15, 0.2) is 0 Å². The Labute approximate surface area is 144 Å². The second-order valence-electron chi connectivity index (χ2n) is 5.95. The molecule has 0 spiro atoms. The van der Waals surface area contributed by atoms with E-state index in [1.54, 1.807) is 13.0 Å². The molecule has 6 heteroatoms. The van der Waals surface area contributed by atoms with Gasteiger partial charge in [-0.2, -0.15) is 4.98 Å². The van der Waals surface area contributed by atoms with Gasteiger partial charge in [0.05, 0.1) is 5.92 Å². The maximum atomic E-state index is 13.4. The number of nitrogens with zero attached hydrogens (tertiary/aromatic N) is 2. The maximum Gasteiger partial charge on any atom is 0.251 e. The molecule has 2 aromatic carbocycles. The minimum atomic E-state index is -0.428. The van der Waals surface area contributed by atoms with Crippen LogP contribution in [0, 0.1) is 12.7 Å². The van der Waals surface area contributed by atoms with Gasteiger partial charge in [-0.3, -0.25) is 4.79 Å². The van der Waals surface area contributed by atoms with Crippen molar-refractivity contribution in [3.8, 4) is 11.4 Å². The quantitative estimate of drug-likeness (QED) is 0.769. The molecule has 3 rings (SSSR count). The molecule has 0 aliphatic rings. The first kappa shape index (κ1) is 16.8. The average Bonchev–Trinajstić information content (AvgIpc) is 3.09. The molecule has 1 atom stereocenters. The number of halogens is 1. The van der Waals surface area contributed by atoms with Gasteiger partial charge in [-0.25, -0.2) is 4.39 Å². The lowest BCUT2D eigenvalue weighted by molar-refractivity contribution is 0.0950. The fraction of sp³-hybridized carbons (Fsp3) is 0.211. The lowest BCUT2D eigenvalue weighted by Gasteiger charge is -2.09. The molecule has 128 valence electrons. The Balaban J connectivity index is 1.64. The number of aryl methyl sites for hydroxylation is 1. The number of aromatic nitrogens is 2. The lowest BCUT2D eigenvalue weighted by Crippen LogP contribution is -2.27. The van der Waals surface area contributed by atoms with E-state index in [-0.39, 0.29) is 11.8 Å². The standard InChI is InChI=1S/C19H18FN3O2/c1-12-8-15(10-16(20)9-12)18(24)21-11-13(2)19-22-17(23-25-19)14-6-4-3-5-7-14/h3-10,13H,11H2,1-2H3,(H,21,24). The summed E-state index contributed by atoms with van der Waals surface area (Å²) in [5.74, 6) is 0.0209. The van der Waals surface area contributed by atoms with Crippen LogP contribution in [-0.2, 0) is 0 Å². The Morgan fingerprint density at radius 3 is 2.72 bits per heavy atom. The predicted octanol–water partition coefficient (Wildman–Crippen LogP) is 3.72. The van der Waals surface area contributed by atoms with Gasteiger partial charge in [-0.05, 0) is 30.7 Å². The predicted molar refractivity (Wildman–Crippen MR) is 91.6 cm³/mol. The van der Waals surface area contributed by atoms with Crippen molar-refractivity contribution in [3.05, 3.63) is 71.4 Å². The molecule has 0 saturated heterocycles. The van der Waals surface area contributed by atoms with Gasteiger partial charge < -0.3 is 9.84 Å². The molecular formula is C19H18FN3O2. The van der Waals surface area contributed by atoms with Crippen LogP contribution in [0.1, 0.15) is 34.7 Å². The second-order valence-corrected chi connectivity index (χ2v) is 5.95. The molecule has 1 amide bonds. The van der Waals surface area contributed by atoms with E-state index >= 15 is 0 Å². The number of carbonyl (C=O) groups excluding carboxylic acids is 1. The molecule has 0 saturated carbocycles. The van der Waals surface area contributed by atoms with Crippen LogP contribution in [0.3, 0.4) is 0 Å². The summed E-state index contributed by atoms with van der Waals surface area (Å²) in [7, 11) is 0. The number of rotatable bonds is 5. The molecule has 1 N–H and O–H groups in total. The average molecular weight is 339 g/mol. The van der Waals surface area contributed by atoms with Gasteiger partial charge in [0, 0.05) is 17.7 Å². The molecule has 5 nitrogen and oxygen atoms in total. The van der Waals surface area contributed by atoms with E-state index in [1.165, 1.54) is 12.1 Å². The van der Waals surface area contributed by atoms with Crippen molar-refractivity contribution in [2.24, 2.45) is 0 Å². The molecule has 1 unspecified atom stereocenters. The van der Waals surface area contributed by atoms with Gasteiger partial charge in [0.1, 0.15) is 5.82 Å². The van der Waals surface area contributed by atoms with Gasteiger partial charge in [0.2, 0.25) is 11.7 Å². The Morgan fingerprint density at radius 2 is 2.00 bits per heavy atom. The van der Waals surface area contributed by atoms with Crippen molar-refractivity contribution < 1.29 is 13.7 Å². The largest absolute Gasteiger partial charge is 0.351 e. The summed E-state index contributed by atoms with van der Waals surface area (Å²) in [5.41, 5.74) is 1.85. The van der Waals surface area contributed by atoms with Gasteiger partial charge >= 0.3 is 0 Å². The highest BCUT2D eigenvalue weighted by Crippen LogP contribution is 2.19. The molecule has 0 bridgehead atoms. The van der Waals surface area contributed by atoms with Crippen LogP contribution in [-0.4, -0.2) is 22.6 Å². The summed E-state index contributed by atoms with van der Waals surface area (Å²) in [6, 6.07) is 13.7. The molecule has 0 fully saturated rings. The molecule has 1 heterocycles. The van der Waals surface area contributed by atoms with Crippen LogP contribution in [0.2, 0.25) is 0 Å². The molecule has 1 aromatic heterocycles. The van der Waals surface area contributed by atoms with Crippen LogP contribution >= 0.6 is 0 Å². The fourth-order valence-corrected chi connectivity index (χ4v) is 2.44. The highest BCUT2D eigenvalue weighted by Gasteiger charge is 2.17. The normalized spacial score (nSPS) is 12.0. The van der Waals surface area contributed by atoms with E-state index in [1.807, 2.05) is 37.3 Å².